The molecule has 27 heavy (non-hydrogen) atoms. The predicted octanol–water partition coefficient (Wildman–Crippen LogP) is 3.57. The Morgan fingerprint density at radius 3 is 2.56 bits per heavy atom. The summed E-state index contributed by atoms with van der Waals surface area (Å²) in [5.41, 5.74) is 2.42. The maximum Gasteiger partial charge on any atom is 0.265 e. The summed E-state index contributed by atoms with van der Waals surface area (Å²) in [7, 11) is -2.38. The van der Waals surface area contributed by atoms with E-state index in [1.54, 1.807) is 36.4 Å². The molecule has 142 valence electrons. The number of carbonyl (C=O) groups excluding carboxylic acids is 1. The fourth-order valence-electron chi connectivity index (χ4n) is 4.16. The van der Waals surface area contributed by atoms with Crippen molar-refractivity contribution < 1.29 is 17.9 Å². The van der Waals surface area contributed by atoms with Crippen molar-refractivity contribution in [1.29, 1.82) is 0 Å². The molecule has 1 fully saturated rings. The molecule has 0 atom stereocenters. The molecule has 0 unspecified atom stereocenters. The fraction of sp³-hybridized carbons (Fsp3) is 0.350. The van der Waals surface area contributed by atoms with Gasteiger partial charge in [-0.2, -0.15) is 0 Å². The Hall–Kier alpha value is -2.54. The van der Waals surface area contributed by atoms with Gasteiger partial charge in [-0.3, -0.25) is 9.52 Å². The van der Waals surface area contributed by atoms with E-state index in [1.165, 1.54) is 7.11 Å². The first kappa shape index (κ1) is 17.9. The maximum absolute atomic E-state index is 12.9. The Labute approximate surface area is 159 Å². The van der Waals surface area contributed by atoms with Crippen molar-refractivity contribution in [1.82, 2.24) is 0 Å². The minimum absolute atomic E-state index is 0.0235. The average Bonchev–Trinajstić information content (AvgIpc) is 3.22. The van der Waals surface area contributed by atoms with Crippen molar-refractivity contribution in [2.45, 2.75) is 42.9 Å². The smallest absolute Gasteiger partial charge is 0.265 e. The molecule has 0 aromatic heterocycles. The van der Waals surface area contributed by atoms with Crippen LogP contribution >= 0.6 is 0 Å². The van der Waals surface area contributed by atoms with E-state index in [0.29, 0.717) is 11.4 Å². The quantitative estimate of drug-likeness (QED) is 0.841. The molecule has 7 heteroatoms. The molecule has 1 heterocycles. The van der Waals surface area contributed by atoms with E-state index in [2.05, 4.69) is 10.0 Å². The van der Waals surface area contributed by atoms with Crippen molar-refractivity contribution in [3.63, 3.8) is 0 Å². The first-order valence-corrected chi connectivity index (χ1v) is 10.5. The number of methoxy groups -OCH3 is 1. The van der Waals surface area contributed by atoms with Crippen LogP contribution in [0.2, 0.25) is 0 Å². The average molecular weight is 386 g/mol. The minimum Gasteiger partial charge on any atom is -0.495 e. The second-order valence-corrected chi connectivity index (χ2v) is 8.91. The lowest BCUT2D eigenvalue weighted by molar-refractivity contribution is -0.120. The van der Waals surface area contributed by atoms with Crippen LogP contribution in [0.1, 0.15) is 36.8 Å². The number of hydrogen-bond donors (Lipinski definition) is 2. The Morgan fingerprint density at radius 1 is 1.11 bits per heavy atom. The topological polar surface area (TPSA) is 84.5 Å². The summed E-state index contributed by atoms with van der Waals surface area (Å²) in [6.45, 7) is 1.83. The van der Waals surface area contributed by atoms with Gasteiger partial charge in [0, 0.05) is 11.4 Å². The van der Waals surface area contributed by atoms with Gasteiger partial charge in [-0.15, -0.1) is 0 Å². The van der Waals surface area contributed by atoms with Crippen molar-refractivity contribution >= 4 is 27.3 Å². The first-order chi connectivity index (χ1) is 12.9. The number of anilines is 2. The van der Waals surface area contributed by atoms with E-state index in [0.717, 1.165) is 42.5 Å². The molecule has 4 rings (SSSR count). The van der Waals surface area contributed by atoms with E-state index in [1.807, 2.05) is 6.92 Å². The largest absolute Gasteiger partial charge is 0.495 e. The molecule has 2 N–H and O–H groups in total. The molecule has 2 aliphatic rings. The molecule has 6 nitrogen and oxygen atoms in total. The highest BCUT2D eigenvalue weighted by molar-refractivity contribution is 7.92. The van der Waals surface area contributed by atoms with Crippen LogP contribution in [-0.4, -0.2) is 21.4 Å². The van der Waals surface area contributed by atoms with Crippen LogP contribution < -0.4 is 14.8 Å². The number of hydrogen-bond acceptors (Lipinski definition) is 4. The molecule has 1 aliphatic heterocycles. The standard InChI is InChI=1S/C20H22N2O4S/c1-13-5-8-17(26-2)18(11-13)27(24,25)22-14-6-7-16-15(12-14)20(19(23)21-16)9-3-4-10-20/h5-8,11-12,22H,3-4,9-10H2,1-2H3,(H,21,23). The minimum atomic E-state index is -3.82. The number of benzene rings is 2. The van der Waals surface area contributed by atoms with E-state index in [4.69, 9.17) is 4.74 Å². The van der Waals surface area contributed by atoms with Crippen LogP contribution in [0.5, 0.6) is 5.75 Å². The highest BCUT2D eigenvalue weighted by atomic mass is 32.2. The van der Waals surface area contributed by atoms with Crippen molar-refractivity contribution in [3.8, 4) is 5.75 Å². The molecule has 1 spiro atoms. The zero-order valence-electron chi connectivity index (χ0n) is 15.3. The van der Waals surface area contributed by atoms with Gasteiger partial charge in [-0.1, -0.05) is 18.9 Å². The Morgan fingerprint density at radius 2 is 1.85 bits per heavy atom. The summed E-state index contributed by atoms with van der Waals surface area (Å²) < 4.78 is 33.7. The number of carbonyl (C=O) groups is 1. The molecule has 0 radical (unpaired) electrons. The van der Waals surface area contributed by atoms with E-state index >= 15 is 0 Å². The fourth-order valence-corrected chi connectivity index (χ4v) is 5.46. The van der Waals surface area contributed by atoms with Gasteiger partial charge in [-0.05, 0) is 61.2 Å². The summed E-state index contributed by atoms with van der Waals surface area (Å²) in [5.74, 6) is 0.314. The third-order valence-electron chi connectivity index (χ3n) is 5.54. The molecule has 2 aromatic rings. The normalized spacial score (nSPS) is 17.6. The Bertz CT molecular complexity index is 1020. The van der Waals surface area contributed by atoms with Gasteiger partial charge < -0.3 is 10.1 Å². The third-order valence-corrected chi connectivity index (χ3v) is 6.94. The lowest BCUT2D eigenvalue weighted by Gasteiger charge is -2.21. The van der Waals surface area contributed by atoms with Gasteiger partial charge in [0.1, 0.15) is 10.6 Å². The van der Waals surface area contributed by atoms with Crippen molar-refractivity contribution in [2.75, 3.05) is 17.1 Å². The summed E-state index contributed by atoms with van der Waals surface area (Å²) in [6, 6.07) is 10.3. The van der Waals surface area contributed by atoms with Crippen LogP contribution in [0.15, 0.2) is 41.3 Å². The number of fused-ring (bicyclic) bond motifs is 2. The SMILES string of the molecule is COc1ccc(C)cc1S(=O)(=O)Nc1ccc2c(c1)C1(CCCC1)C(=O)N2. The van der Waals surface area contributed by atoms with Crippen LogP contribution in [0.3, 0.4) is 0 Å². The highest BCUT2D eigenvalue weighted by Crippen LogP contribution is 2.49. The number of nitrogens with one attached hydrogen (secondary N) is 2. The predicted molar refractivity (Wildman–Crippen MR) is 104 cm³/mol. The zero-order valence-corrected chi connectivity index (χ0v) is 16.2. The van der Waals surface area contributed by atoms with E-state index in [9.17, 15) is 13.2 Å². The van der Waals surface area contributed by atoms with Crippen LogP contribution in [0, 0.1) is 6.92 Å². The Balaban J connectivity index is 1.72. The summed E-state index contributed by atoms with van der Waals surface area (Å²) in [4.78, 5) is 12.6. The van der Waals surface area contributed by atoms with Crippen LogP contribution in [-0.2, 0) is 20.2 Å². The number of sulfonamides is 1. The summed E-state index contributed by atoms with van der Waals surface area (Å²) >= 11 is 0. The molecule has 1 saturated carbocycles. The van der Waals surface area contributed by atoms with Gasteiger partial charge >= 0.3 is 0 Å². The molecule has 2 aromatic carbocycles. The Kier molecular flexibility index (Phi) is 4.14. The second-order valence-electron chi connectivity index (χ2n) is 7.26. The van der Waals surface area contributed by atoms with Crippen LogP contribution in [0.4, 0.5) is 11.4 Å². The zero-order chi connectivity index (χ0) is 19.2. The van der Waals surface area contributed by atoms with Gasteiger partial charge in [0.05, 0.1) is 12.5 Å². The molecule has 0 bridgehead atoms. The lowest BCUT2D eigenvalue weighted by Crippen LogP contribution is -2.31. The van der Waals surface area contributed by atoms with Crippen molar-refractivity contribution in [2.24, 2.45) is 0 Å². The summed E-state index contributed by atoms with van der Waals surface area (Å²) in [6.07, 6.45) is 3.61. The van der Waals surface area contributed by atoms with Gasteiger partial charge in [0.15, 0.2) is 0 Å². The highest BCUT2D eigenvalue weighted by Gasteiger charge is 2.48. The first-order valence-electron chi connectivity index (χ1n) is 8.99. The molecule has 1 aliphatic carbocycles. The van der Waals surface area contributed by atoms with E-state index in [-0.39, 0.29) is 10.8 Å². The van der Waals surface area contributed by atoms with E-state index < -0.39 is 15.4 Å². The van der Waals surface area contributed by atoms with Gasteiger partial charge in [0.2, 0.25) is 5.91 Å². The monoisotopic (exact) mass is 386 g/mol. The molecular weight excluding hydrogens is 364 g/mol. The lowest BCUT2D eigenvalue weighted by atomic mass is 9.80. The number of aryl methyl sites for hydroxylation is 1. The third kappa shape index (κ3) is 2.86. The van der Waals surface area contributed by atoms with Gasteiger partial charge in [-0.25, -0.2) is 8.42 Å². The number of ether oxygens (including phenoxy) is 1. The summed E-state index contributed by atoms with van der Waals surface area (Å²) in [5, 5.41) is 2.94. The van der Waals surface area contributed by atoms with Gasteiger partial charge in [0.25, 0.3) is 10.0 Å². The maximum atomic E-state index is 12.9. The van der Waals surface area contributed by atoms with Crippen molar-refractivity contribution in [3.05, 3.63) is 47.5 Å². The molecular formula is C20H22N2O4S. The molecule has 0 saturated heterocycles. The number of amides is 1. The second kappa shape index (κ2) is 6.27. The molecule has 1 amide bonds. The van der Waals surface area contributed by atoms with Crippen LogP contribution in [0.25, 0.3) is 0 Å². The number of rotatable bonds is 4.